The van der Waals surface area contributed by atoms with Crippen molar-refractivity contribution in [1.29, 1.82) is 0 Å². The van der Waals surface area contributed by atoms with Crippen molar-refractivity contribution in [3.63, 3.8) is 0 Å². The minimum absolute atomic E-state index is 0. The Bertz CT molecular complexity index is 33.3. The van der Waals surface area contributed by atoms with Crippen LogP contribution in [0.1, 0.15) is 82.6 Å². The highest BCUT2D eigenvalue weighted by Gasteiger charge is 2.07. The van der Waals surface area contributed by atoms with E-state index in [1.165, 1.54) is 25.7 Å². The molecule has 0 bridgehead atoms. The molecule has 1 rings (SSSR count). The first-order valence-electron chi connectivity index (χ1n) is 4.89. The van der Waals surface area contributed by atoms with E-state index >= 15 is 0 Å². The maximum absolute atomic E-state index is 2.34. The van der Waals surface area contributed by atoms with Crippen molar-refractivity contribution in [3.05, 3.63) is 0 Å². The number of hydrogen-bond donors (Lipinski definition) is 0. The standard InChI is InChI=1S/C6H12.2C2H6.3CH4/c1-6-4-2-3-5-6;2*1-2;;;/h6H,2-5H2,1H3;2*1-2H3;3*1H4. The Morgan fingerprint density at radius 3 is 1.00 bits per heavy atom. The Hall–Kier alpha value is 0. The van der Waals surface area contributed by atoms with Crippen LogP contribution in [0.3, 0.4) is 0 Å². The number of hydrogen-bond acceptors (Lipinski definition) is 0. The fraction of sp³-hybridized carbons (Fsp3) is 1.00. The molecule has 0 atom stereocenters. The molecule has 0 aromatic carbocycles. The highest BCUT2D eigenvalue weighted by atomic mass is 14.1. The summed E-state index contributed by atoms with van der Waals surface area (Å²) in [5.41, 5.74) is 0. The molecule has 1 saturated carbocycles. The van der Waals surface area contributed by atoms with E-state index in [9.17, 15) is 0 Å². The van der Waals surface area contributed by atoms with Crippen LogP contribution in [-0.4, -0.2) is 0 Å². The molecule has 0 saturated heterocycles. The third-order valence-electron chi connectivity index (χ3n) is 1.64. The summed E-state index contributed by atoms with van der Waals surface area (Å²) in [7, 11) is 0. The Morgan fingerprint density at radius 1 is 0.692 bits per heavy atom. The highest BCUT2D eigenvalue weighted by molar-refractivity contribution is 4.60. The molecule has 13 heavy (non-hydrogen) atoms. The van der Waals surface area contributed by atoms with Crippen LogP contribution in [0.25, 0.3) is 0 Å². The second-order valence-corrected chi connectivity index (χ2v) is 2.39. The van der Waals surface area contributed by atoms with Gasteiger partial charge in [0.2, 0.25) is 0 Å². The molecule has 0 heterocycles. The van der Waals surface area contributed by atoms with Crippen LogP contribution >= 0.6 is 0 Å². The third-order valence-corrected chi connectivity index (χ3v) is 1.64. The zero-order valence-electron chi connectivity index (χ0n) is 8.41. The highest BCUT2D eigenvalue weighted by Crippen LogP contribution is 2.22. The van der Waals surface area contributed by atoms with Gasteiger partial charge in [0, 0.05) is 0 Å². The molecule has 0 amide bonds. The zero-order valence-corrected chi connectivity index (χ0v) is 8.41. The smallest absolute Gasteiger partial charge is 0.0443 e. The first kappa shape index (κ1) is 29.2. The van der Waals surface area contributed by atoms with Crippen molar-refractivity contribution < 1.29 is 0 Å². The molecule has 0 spiro atoms. The van der Waals surface area contributed by atoms with Gasteiger partial charge in [-0.3, -0.25) is 0 Å². The van der Waals surface area contributed by atoms with Gasteiger partial charge in [0.1, 0.15) is 0 Å². The second kappa shape index (κ2) is 29.6. The Labute approximate surface area is 89.1 Å². The maximum Gasteiger partial charge on any atom is -0.0443 e. The zero-order chi connectivity index (χ0) is 8.41. The van der Waals surface area contributed by atoms with E-state index in [4.69, 9.17) is 0 Å². The van der Waals surface area contributed by atoms with Crippen molar-refractivity contribution in [3.8, 4) is 0 Å². The molecule has 0 aromatic rings. The fourth-order valence-corrected chi connectivity index (χ4v) is 1.13. The van der Waals surface area contributed by atoms with Gasteiger partial charge in [-0.05, 0) is 5.92 Å². The molecule has 0 heteroatoms. The second-order valence-electron chi connectivity index (χ2n) is 2.39. The average Bonchev–Trinajstić information content (AvgIpc) is 2.48. The molecule has 1 aliphatic carbocycles. The van der Waals surface area contributed by atoms with Gasteiger partial charge in [0.05, 0.1) is 0 Å². The predicted molar refractivity (Wildman–Crippen MR) is 70.5 cm³/mol. The van der Waals surface area contributed by atoms with E-state index in [0.717, 1.165) is 5.92 Å². The van der Waals surface area contributed by atoms with Crippen molar-refractivity contribution in [1.82, 2.24) is 0 Å². The lowest BCUT2D eigenvalue weighted by atomic mass is 10.2. The van der Waals surface area contributed by atoms with Crippen LogP contribution in [0.5, 0.6) is 0 Å². The summed E-state index contributed by atoms with van der Waals surface area (Å²) >= 11 is 0. The molecule has 0 N–H and O–H groups in total. The first-order valence-corrected chi connectivity index (χ1v) is 4.89. The third kappa shape index (κ3) is 24.5. The number of rotatable bonds is 0. The van der Waals surface area contributed by atoms with E-state index in [2.05, 4.69) is 6.92 Å². The molecular weight excluding hydrogens is 156 g/mol. The summed E-state index contributed by atoms with van der Waals surface area (Å²) in [4.78, 5) is 0. The van der Waals surface area contributed by atoms with Gasteiger partial charge in [-0.1, -0.05) is 82.6 Å². The molecule has 0 aliphatic heterocycles. The van der Waals surface area contributed by atoms with Crippen molar-refractivity contribution in [2.45, 2.75) is 82.6 Å². The lowest BCUT2D eigenvalue weighted by Gasteiger charge is -1.91. The van der Waals surface area contributed by atoms with Crippen LogP contribution in [0.4, 0.5) is 0 Å². The molecule has 0 aromatic heterocycles. The van der Waals surface area contributed by atoms with Gasteiger partial charge < -0.3 is 0 Å². The van der Waals surface area contributed by atoms with E-state index in [1.807, 2.05) is 27.7 Å². The average molecular weight is 192 g/mol. The van der Waals surface area contributed by atoms with Crippen molar-refractivity contribution in [2.75, 3.05) is 0 Å². The summed E-state index contributed by atoms with van der Waals surface area (Å²) in [6.07, 6.45) is 5.95. The Morgan fingerprint density at radius 2 is 0.923 bits per heavy atom. The largest absolute Gasteiger partial charge is 0.0776 e. The van der Waals surface area contributed by atoms with Crippen LogP contribution in [0, 0.1) is 5.92 Å². The van der Waals surface area contributed by atoms with Gasteiger partial charge in [-0.2, -0.15) is 0 Å². The molecule has 1 aliphatic rings. The summed E-state index contributed by atoms with van der Waals surface area (Å²) in [5.74, 6) is 1.05. The fourth-order valence-electron chi connectivity index (χ4n) is 1.13. The maximum atomic E-state index is 2.34. The van der Waals surface area contributed by atoms with Gasteiger partial charge >= 0.3 is 0 Å². The molecule has 1 fully saturated rings. The minimum atomic E-state index is 0. The van der Waals surface area contributed by atoms with Crippen LogP contribution < -0.4 is 0 Å². The monoisotopic (exact) mass is 192 g/mol. The van der Waals surface area contributed by atoms with Gasteiger partial charge in [-0.15, -0.1) is 0 Å². The van der Waals surface area contributed by atoms with Crippen molar-refractivity contribution >= 4 is 0 Å². The lowest BCUT2D eigenvalue weighted by molar-refractivity contribution is 0.612. The minimum Gasteiger partial charge on any atom is -0.0776 e. The van der Waals surface area contributed by atoms with E-state index in [0.29, 0.717) is 0 Å². The van der Waals surface area contributed by atoms with E-state index < -0.39 is 0 Å². The lowest BCUT2D eigenvalue weighted by Crippen LogP contribution is -1.78. The van der Waals surface area contributed by atoms with Crippen LogP contribution in [-0.2, 0) is 0 Å². The first-order chi connectivity index (χ1) is 4.89. The summed E-state index contributed by atoms with van der Waals surface area (Å²) in [5, 5.41) is 0. The Kier molecular flexibility index (Phi) is 66.7. The van der Waals surface area contributed by atoms with E-state index in [-0.39, 0.29) is 22.3 Å². The quantitative estimate of drug-likeness (QED) is 0.431. The molecule has 0 nitrogen and oxygen atoms in total. The van der Waals surface area contributed by atoms with E-state index in [1.54, 1.807) is 0 Å². The summed E-state index contributed by atoms with van der Waals surface area (Å²) < 4.78 is 0. The molecule has 0 unspecified atom stereocenters. The van der Waals surface area contributed by atoms with Gasteiger partial charge in [-0.25, -0.2) is 0 Å². The Balaban J connectivity index is -0.0000000277. The summed E-state index contributed by atoms with van der Waals surface area (Å²) in [6.45, 7) is 10.3. The van der Waals surface area contributed by atoms with Gasteiger partial charge in [0.25, 0.3) is 0 Å². The molecule has 88 valence electrons. The van der Waals surface area contributed by atoms with Crippen LogP contribution in [0.15, 0.2) is 0 Å². The predicted octanol–water partition coefficient (Wildman–Crippen LogP) is 6.16. The van der Waals surface area contributed by atoms with Crippen molar-refractivity contribution in [2.24, 2.45) is 5.92 Å². The molecule has 0 radical (unpaired) electrons. The normalized spacial score (nSPS) is 12.7. The topological polar surface area (TPSA) is 0 Å². The summed E-state index contributed by atoms with van der Waals surface area (Å²) in [6, 6.07) is 0. The van der Waals surface area contributed by atoms with Gasteiger partial charge in [0.15, 0.2) is 0 Å². The SMILES string of the molecule is C.C.C.CC.CC.CC1CCCC1. The van der Waals surface area contributed by atoms with Crippen LogP contribution in [0.2, 0.25) is 0 Å². The molecular formula is C13H36.